The largest absolute Gasteiger partial charge is 0.504 e. The molecular weight excluding hydrogens is 208 g/mol. The van der Waals surface area contributed by atoms with Gasteiger partial charge in [-0.3, -0.25) is 0 Å². The lowest BCUT2D eigenvalue weighted by Gasteiger charge is -2.19. The van der Waals surface area contributed by atoms with Crippen LogP contribution in [0.25, 0.3) is 0 Å². The number of phenols is 1. The summed E-state index contributed by atoms with van der Waals surface area (Å²) in [4.78, 5) is 0. The second-order valence-electron chi connectivity index (χ2n) is 3.31. The molecule has 0 bridgehead atoms. The smallest absolute Gasteiger partial charge is 0.160 e. The van der Waals surface area contributed by atoms with Gasteiger partial charge in [0.05, 0.1) is 7.11 Å². The molecule has 4 nitrogen and oxygen atoms in total. The number of phenolic OH excluding ortho intramolecular Hbond substituents is 1. The summed E-state index contributed by atoms with van der Waals surface area (Å²) in [7, 11) is 2.95. The summed E-state index contributed by atoms with van der Waals surface area (Å²) < 4.78 is 9.94. The summed E-state index contributed by atoms with van der Waals surface area (Å²) in [6.45, 7) is 3.56. The number of aliphatic hydroxyl groups is 1. The molecule has 0 amide bonds. The van der Waals surface area contributed by atoms with Gasteiger partial charge in [-0.2, -0.15) is 0 Å². The Morgan fingerprint density at radius 1 is 1.38 bits per heavy atom. The average Bonchev–Trinajstić information content (AvgIpc) is 2.30. The number of benzene rings is 1. The fraction of sp³-hybridized carbons (Fsp3) is 0.333. The molecule has 16 heavy (non-hydrogen) atoms. The molecule has 0 saturated carbocycles. The predicted molar refractivity (Wildman–Crippen MR) is 60.6 cm³/mol. The van der Waals surface area contributed by atoms with E-state index in [9.17, 15) is 10.2 Å². The van der Waals surface area contributed by atoms with Crippen LogP contribution in [0.3, 0.4) is 0 Å². The first kappa shape index (κ1) is 12.5. The highest BCUT2D eigenvalue weighted by Gasteiger charge is 2.18. The monoisotopic (exact) mass is 224 g/mol. The number of hydrogen-bond donors (Lipinski definition) is 2. The maximum atomic E-state index is 9.92. The summed E-state index contributed by atoms with van der Waals surface area (Å²) >= 11 is 0. The van der Waals surface area contributed by atoms with Crippen molar-refractivity contribution in [3.63, 3.8) is 0 Å². The molecule has 0 radical (unpaired) electrons. The van der Waals surface area contributed by atoms with E-state index in [0.717, 1.165) is 0 Å². The van der Waals surface area contributed by atoms with Crippen molar-refractivity contribution in [2.24, 2.45) is 0 Å². The Kier molecular flexibility index (Phi) is 4.34. The lowest BCUT2D eigenvalue weighted by atomic mass is 10.0. The van der Waals surface area contributed by atoms with Crippen molar-refractivity contribution in [2.75, 3.05) is 14.2 Å². The van der Waals surface area contributed by atoms with Gasteiger partial charge >= 0.3 is 0 Å². The van der Waals surface area contributed by atoms with E-state index in [1.165, 1.54) is 26.4 Å². The molecule has 1 aromatic rings. The van der Waals surface area contributed by atoms with Gasteiger partial charge in [-0.1, -0.05) is 12.1 Å². The van der Waals surface area contributed by atoms with Crippen LogP contribution in [-0.4, -0.2) is 30.5 Å². The van der Waals surface area contributed by atoms with Crippen molar-refractivity contribution in [3.05, 3.63) is 36.4 Å². The molecule has 0 unspecified atom stereocenters. The third-order valence-electron chi connectivity index (χ3n) is 2.36. The SMILES string of the molecule is C=C[C@H](OC)[C@@H](O)c1ccc(OC)c(O)c1. The number of rotatable bonds is 5. The lowest BCUT2D eigenvalue weighted by molar-refractivity contribution is 0.0161. The van der Waals surface area contributed by atoms with Crippen molar-refractivity contribution in [3.8, 4) is 11.5 Å². The van der Waals surface area contributed by atoms with Gasteiger partial charge in [0.25, 0.3) is 0 Å². The summed E-state index contributed by atoms with van der Waals surface area (Å²) in [5, 5.41) is 19.5. The maximum absolute atomic E-state index is 9.92. The number of hydrogen-bond acceptors (Lipinski definition) is 4. The van der Waals surface area contributed by atoms with Crippen LogP contribution in [0.5, 0.6) is 11.5 Å². The van der Waals surface area contributed by atoms with Crippen LogP contribution in [0.2, 0.25) is 0 Å². The summed E-state index contributed by atoms with van der Waals surface area (Å²) in [6, 6.07) is 4.70. The molecule has 1 aromatic carbocycles. The van der Waals surface area contributed by atoms with Gasteiger partial charge in [-0.05, 0) is 17.7 Å². The minimum Gasteiger partial charge on any atom is -0.504 e. The lowest BCUT2D eigenvalue weighted by Crippen LogP contribution is -2.17. The average molecular weight is 224 g/mol. The van der Waals surface area contributed by atoms with E-state index in [-0.39, 0.29) is 5.75 Å². The highest BCUT2D eigenvalue weighted by Crippen LogP contribution is 2.30. The van der Waals surface area contributed by atoms with Gasteiger partial charge in [-0.25, -0.2) is 0 Å². The van der Waals surface area contributed by atoms with Gasteiger partial charge in [0.2, 0.25) is 0 Å². The second kappa shape index (κ2) is 5.53. The van der Waals surface area contributed by atoms with Crippen molar-refractivity contribution >= 4 is 0 Å². The zero-order valence-electron chi connectivity index (χ0n) is 9.38. The van der Waals surface area contributed by atoms with Gasteiger partial charge in [0.1, 0.15) is 12.2 Å². The van der Waals surface area contributed by atoms with Crippen LogP contribution < -0.4 is 4.74 Å². The van der Waals surface area contributed by atoms with Gasteiger partial charge in [-0.15, -0.1) is 6.58 Å². The van der Waals surface area contributed by atoms with Gasteiger partial charge in [0, 0.05) is 7.11 Å². The van der Waals surface area contributed by atoms with E-state index in [4.69, 9.17) is 9.47 Å². The molecule has 0 saturated heterocycles. The number of ether oxygens (including phenoxy) is 2. The fourth-order valence-electron chi connectivity index (χ4n) is 1.43. The Hall–Kier alpha value is -1.52. The Bertz CT molecular complexity index is 362. The van der Waals surface area contributed by atoms with Crippen LogP contribution in [0, 0.1) is 0 Å². The molecule has 4 heteroatoms. The fourth-order valence-corrected chi connectivity index (χ4v) is 1.43. The predicted octanol–water partition coefficient (Wildman–Crippen LogP) is 1.64. The van der Waals surface area contributed by atoms with Crippen molar-refractivity contribution in [1.29, 1.82) is 0 Å². The van der Waals surface area contributed by atoms with E-state index in [2.05, 4.69) is 6.58 Å². The quantitative estimate of drug-likeness (QED) is 0.746. The highest BCUT2D eigenvalue weighted by atomic mass is 16.5. The van der Waals surface area contributed by atoms with Gasteiger partial charge in [0.15, 0.2) is 11.5 Å². The van der Waals surface area contributed by atoms with E-state index >= 15 is 0 Å². The maximum Gasteiger partial charge on any atom is 0.160 e. The van der Waals surface area contributed by atoms with Crippen LogP contribution in [-0.2, 0) is 4.74 Å². The van der Waals surface area contributed by atoms with E-state index in [1.807, 2.05) is 0 Å². The van der Waals surface area contributed by atoms with Crippen LogP contribution in [0.15, 0.2) is 30.9 Å². The van der Waals surface area contributed by atoms with E-state index in [1.54, 1.807) is 12.1 Å². The topological polar surface area (TPSA) is 58.9 Å². The summed E-state index contributed by atoms with van der Waals surface area (Å²) in [5.74, 6) is 0.349. The second-order valence-corrected chi connectivity index (χ2v) is 3.31. The third-order valence-corrected chi connectivity index (χ3v) is 2.36. The molecule has 0 aliphatic rings. The number of methoxy groups -OCH3 is 2. The molecule has 0 aliphatic carbocycles. The molecule has 0 aromatic heterocycles. The molecule has 0 fully saturated rings. The van der Waals surface area contributed by atoms with E-state index in [0.29, 0.717) is 11.3 Å². The normalized spacial score (nSPS) is 14.2. The molecule has 0 heterocycles. The molecule has 1 rings (SSSR count). The molecular formula is C12H16O4. The standard InChI is InChI=1S/C12H16O4/c1-4-10(15-2)12(14)8-5-6-11(16-3)9(13)7-8/h4-7,10,12-14H,1H2,2-3H3/t10-,12-/m0/s1. The highest BCUT2D eigenvalue weighted by molar-refractivity contribution is 5.42. The number of aliphatic hydroxyl groups excluding tert-OH is 1. The summed E-state index contributed by atoms with van der Waals surface area (Å²) in [6.07, 6.45) is 0.137. The van der Waals surface area contributed by atoms with Crippen LogP contribution in [0.1, 0.15) is 11.7 Å². The molecule has 0 aliphatic heterocycles. The van der Waals surface area contributed by atoms with E-state index < -0.39 is 12.2 Å². The molecule has 0 spiro atoms. The summed E-state index contributed by atoms with van der Waals surface area (Å²) in [5.41, 5.74) is 0.546. The number of aromatic hydroxyl groups is 1. The van der Waals surface area contributed by atoms with Crippen LogP contribution in [0.4, 0.5) is 0 Å². The van der Waals surface area contributed by atoms with Gasteiger partial charge < -0.3 is 19.7 Å². The van der Waals surface area contributed by atoms with Crippen molar-refractivity contribution in [2.45, 2.75) is 12.2 Å². The van der Waals surface area contributed by atoms with Crippen LogP contribution >= 0.6 is 0 Å². The molecule has 2 N–H and O–H groups in total. The first-order valence-electron chi connectivity index (χ1n) is 4.84. The minimum absolute atomic E-state index is 0.0158. The first-order chi connectivity index (χ1) is 7.63. The Morgan fingerprint density at radius 2 is 2.06 bits per heavy atom. The molecule has 88 valence electrons. The Balaban J connectivity index is 2.96. The van der Waals surface area contributed by atoms with Crippen molar-refractivity contribution in [1.82, 2.24) is 0 Å². The molecule has 2 atom stereocenters. The zero-order valence-corrected chi connectivity index (χ0v) is 9.38. The first-order valence-corrected chi connectivity index (χ1v) is 4.84. The third kappa shape index (κ3) is 2.53. The Labute approximate surface area is 94.7 Å². The minimum atomic E-state index is -0.862. The van der Waals surface area contributed by atoms with Crippen molar-refractivity contribution < 1.29 is 19.7 Å². The zero-order chi connectivity index (χ0) is 12.1. The Morgan fingerprint density at radius 3 is 2.50 bits per heavy atom.